The van der Waals surface area contributed by atoms with Crippen molar-refractivity contribution >= 4 is 0 Å². The Bertz CT molecular complexity index is 592. The summed E-state index contributed by atoms with van der Waals surface area (Å²) in [6.07, 6.45) is 0. The maximum atomic E-state index is 9.54. The van der Waals surface area contributed by atoms with Gasteiger partial charge in [0.2, 0.25) is 0 Å². The van der Waals surface area contributed by atoms with Crippen LogP contribution in [-0.2, 0) is 14.2 Å². The lowest BCUT2D eigenvalue weighted by Crippen LogP contribution is -2.14. The zero-order valence-corrected chi connectivity index (χ0v) is 15.2. The number of hydrogen-bond donors (Lipinski definition) is 2. The summed E-state index contributed by atoms with van der Waals surface area (Å²) in [7, 11) is 0. The van der Waals surface area contributed by atoms with Crippen LogP contribution in [0.4, 0.5) is 0 Å². The first kappa shape index (κ1) is 20.8. The van der Waals surface area contributed by atoms with E-state index in [9.17, 15) is 10.2 Å². The molecule has 0 atom stereocenters. The van der Waals surface area contributed by atoms with Crippen molar-refractivity contribution < 1.29 is 33.9 Å². The van der Waals surface area contributed by atoms with Gasteiger partial charge in [0, 0.05) is 0 Å². The number of hydrogen-bond acceptors (Lipinski definition) is 7. The molecule has 27 heavy (non-hydrogen) atoms. The Balaban J connectivity index is 1.35. The van der Waals surface area contributed by atoms with Crippen LogP contribution in [0.25, 0.3) is 0 Å². The second-order valence-electron chi connectivity index (χ2n) is 5.47. The van der Waals surface area contributed by atoms with Gasteiger partial charge in [-0.15, -0.1) is 0 Å². The van der Waals surface area contributed by atoms with Crippen molar-refractivity contribution in [2.75, 3.05) is 52.9 Å². The van der Waals surface area contributed by atoms with Crippen LogP contribution in [0.2, 0.25) is 0 Å². The van der Waals surface area contributed by atoms with Crippen LogP contribution in [-0.4, -0.2) is 63.1 Å². The molecule has 0 saturated carbocycles. The molecule has 2 aromatic carbocycles. The normalized spacial score (nSPS) is 10.7. The van der Waals surface area contributed by atoms with Crippen molar-refractivity contribution in [3.05, 3.63) is 48.5 Å². The summed E-state index contributed by atoms with van der Waals surface area (Å²) >= 11 is 0. The van der Waals surface area contributed by atoms with E-state index in [1.807, 2.05) is 0 Å². The van der Waals surface area contributed by atoms with Crippen molar-refractivity contribution in [1.29, 1.82) is 0 Å². The highest BCUT2D eigenvalue weighted by Crippen LogP contribution is 2.24. The van der Waals surface area contributed by atoms with E-state index in [1.54, 1.807) is 48.5 Å². The van der Waals surface area contributed by atoms with Crippen LogP contribution in [0.15, 0.2) is 48.5 Å². The van der Waals surface area contributed by atoms with Gasteiger partial charge in [0.15, 0.2) is 23.0 Å². The van der Waals surface area contributed by atoms with E-state index < -0.39 is 0 Å². The van der Waals surface area contributed by atoms with Gasteiger partial charge in [0.25, 0.3) is 0 Å². The fourth-order valence-electron chi connectivity index (χ4n) is 2.12. The Labute approximate surface area is 159 Å². The average molecular weight is 378 g/mol. The van der Waals surface area contributed by atoms with Gasteiger partial charge in [-0.05, 0) is 24.3 Å². The van der Waals surface area contributed by atoms with Crippen LogP contribution in [0.5, 0.6) is 23.0 Å². The highest BCUT2D eigenvalue weighted by atomic mass is 16.6. The second-order valence-corrected chi connectivity index (χ2v) is 5.47. The molecule has 0 aliphatic rings. The molecule has 0 unspecified atom stereocenters. The summed E-state index contributed by atoms with van der Waals surface area (Å²) in [4.78, 5) is 0. The molecule has 2 rings (SSSR count). The number of benzene rings is 2. The summed E-state index contributed by atoms with van der Waals surface area (Å²) in [6.45, 7) is 3.40. The largest absolute Gasteiger partial charge is 0.504 e. The molecule has 2 aromatic rings. The van der Waals surface area contributed by atoms with E-state index in [2.05, 4.69) is 0 Å². The summed E-state index contributed by atoms with van der Waals surface area (Å²) in [6, 6.07) is 13.6. The molecule has 0 fully saturated rings. The van der Waals surface area contributed by atoms with Gasteiger partial charge in [-0.25, -0.2) is 0 Å². The maximum absolute atomic E-state index is 9.54. The fourth-order valence-corrected chi connectivity index (χ4v) is 2.12. The Hall–Kier alpha value is -2.48. The SMILES string of the molecule is Oc1ccccc1OCCOCCOCCOCCOc1ccccc1O. The molecular weight excluding hydrogens is 352 g/mol. The number of phenols is 2. The zero-order valence-electron chi connectivity index (χ0n) is 15.2. The third-order valence-corrected chi connectivity index (χ3v) is 3.45. The number of aromatic hydroxyl groups is 2. The number of phenolic OH excluding ortho intramolecular Hbond substituents is 2. The average Bonchev–Trinajstić information content (AvgIpc) is 2.68. The van der Waals surface area contributed by atoms with Crippen LogP contribution < -0.4 is 9.47 Å². The van der Waals surface area contributed by atoms with Crippen molar-refractivity contribution in [3.8, 4) is 23.0 Å². The molecule has 0 amide bonds. The third kappa shape index (κ3) is 8.63. The minimum Gasteiger partial charge on any atom is -0.504 e. The quantitative estimate of drug-likeness (QED) is 0.489. The molecule has 0 radical (unpaired) electrons. The first-order valence-electron chi connectivity index (χ1n) is 8.82. The third-order valence-electron chi connectivity index (χ3n) is 3.45. The van der Waals surface area contributed by atoms with Crippen LogP contribution in [0.1, 0.15) is 0 Å². The predicted octanol–water partition coefficient (Wildman–Crippen LogP) is 2.61. The van der Waals surface area contributed by atoms with E-state index in [-0.39, 0.29) is 11.5 Å². The molecule has 0 aliphatic carbocycles. The Kier molecular flexibility index (Phi) is 9.88. The monoisotopic (exact) mass is 378 g/mol. The molecule has 0 bridgehead atoms. The highest BCUT2D eigenvalue weighted by Gasteiger charge is 2.00. The van der Waals surface area contributed by atoms with E-state index in [0.717, 1.165) is 0 Å². The standard InChI is InChI=1S/C20H26O7/c21-17-5-1-3-7-19(17)26-15-13-24-11-9-23-10-12-25-14-16-27-20-8-4-2-6-18(20)22/h1-8,21-22H,9-16H2. The second kappa shape index (κ2) is 12.8. The topological polar surface area (TPSA) is 86.6 Å². The Morgan fingerprint density at radius 1 is 0.481 bits per heavy atom. The van der Waals surface area contributed by atoms with Gasteiger partial charge >= 0.3 is 0 Å². The smallest absolute Gasteiger partial charge is 0.161 e. The molecular formula is C20H26O7. The van der Waals surface area contributed by atoms with Gasteiger partial charge in [-0.2, -0.15) is 0 Å². The Morgan fingerprint density at radius 3 is 1.19 bits per heavy atom. The lowest BCUT2D eigenvalue weighted by Gasteiger charge is -2.09. The molecule has 0 spiro atoms. The summed E-state index contributed by atoms with van der Waals surface area (Å²) < 4.78 is 26.9. The summed E-state index contributed by atoms with van der Waals surface area (Å²) in [5, 5.41) is 19.1. The first-order valence-corrected chi connectivity index (χ1v) is 8.82. The predicted molar refractivity (Wildman–Crippen MR) is 99.7 cm³/mol. The Morgan fingerprint density at radius 2 is 0.815 bits per heavy atom. The van der Waals surface area contributed by atoms with Crippen molar-refractivity contribution in [1.82, 2.24) is 0 Å². The summed E-state index contributed by atoms with van der Waals surface area (Å²) in [5.74, 6) is 1.13. The molecule has 0 heterocycles. The fraction of sp³-hybridized carbons (Fsp3) is 0.400. The van der Waals surface area contributed by atoms with Gasteiger partial charge < -0.3 is 33.9 Å². The van der Waals surface area contributed by atoms with Crippen LogP contribution in [0, 0.1) is 0 Å². The zero-order chi connectivity index (χ0) is 19.2. The van der Waals surface area contributed by atoms with Gasteiger partial charge in [0.05, 0.1) is 39.6 Å². The van der Waals surface area contributed by atoms with Gasteiger partial charge in [0.1, 0.15) is 13.2 Å². The number of ether oxygens (including phenoxy) is 5. The van der Waals surface area contributed by atoms with Gasteiger partial charge in [-0.1, -0.05) is 24.3 Å². The molecule has 0 aromatic heterocycles. The first-order chi connectivity index (χ1) is 13.3. The van der Waals surface area contributed by atoms with E-state index in [1.165, 1.54) is 0 Å². The van der Waals surface area contributed by atoms with Gasteiger partial charge in [-0.3, -0.25) is 0 Å². The molecule has 148 valence electrons. The van der Waals surface area contributed by atoms with Crippen LogP contribution >= 0.6 is 0 Å². The molecule has 7 nitrogen and oxygen atoms in total. The minimum atomic E-state index is 0.117. The molecule has 0 saturated heterocycles. The highest BCUT2D eigenvalue weighted by molar-refractivity contribution is 5.38. The maximum Gasteiger partial charge on any atom is 0.161 e. The molecule has 7 heteroatoms. The van der Waals surface area contributed by atoms with Crippen molar-refractivity contribution in [2.24, 2.45) is 0 Å². The molecule has 0 aliphatic heterocycles. The van der Waals surface area contributed by atoms with Crippen molar-refractivity contribution in [3.63, 3.8) is 0 Å². The van der Waals surface area contributed by atoms with Crippen LogP contribution in [0.3, 0.4) is 0 Å². The number of para-hydroxylation sites is 4. The van der Waals surface area contributed by atoms with Crippen molar-refractivity contribution in [2.45, 2.75) is 0 Å². The minimum absolute atomic E-state index is 0.117. The summed E-state index contributed by atoms with van der Waals surface area (Å²) in [5.41, 5.74) is 0. The van der Waals surface area contributed by atoms with E-state index in [0.29, 0.717) is 64.4 Å². The lowest BCUT2D eigenvalue weighted by molar-refractivity contribution is 0.00479. The molecule has 2 N–H and O–H groups in total. The lowest BCUT2D eigenvalue weighted by atomic mass is 10.3. The van der Waals surface area contributed by atoms with E-state index >= 15 is 0 Å². The number of rotatable bonds is 14. The van der Waals surface area contributed by atoms with E-state index in [4.69, 9.17) is 23.7 Å².